The van der Waals surface area contributed by atoms with E-state index in [-0.39, 0.29) is 0 Å². The van der Waals surface area contributed by atoms with Gasteiger partial charge in [0.2, 0.25) is 11.6 Å². The van der Waals surface area contributed by atoms with Gasteiger partial charge in [-0.05, 0) is 5.56 Å². The molecule has 0 saturated heterocycles. The van der Waals surface area contributed by atoms with Crippen LogP contribution in [0.1, 0.15) is 11.7 Å². The second kappa shape index (κ2) is 5.92. The van der Waals surface area contributed by atoms with Gasteiger partial charge in [-0.2, -0.15) is 0 Å². The molecule has 4 N–H and O–H groups in total. The van der Waals surface area contributed by atoms with Crippen LogP contribution in [0.25, 0.3) is 0 Å². The Morgan fingerprint density at radius 2 is 1.81 bits per heavy atom. The Balaban J connectivity index is 2.24. The van der Waals surface area contributed by atoms with Crippen molar-refractivity contribution in [2.75, 3.05) is 0 Å². The SMILES string of the molecule is O=C(N=Nc1c(O)[nH]c(=O)[nH]c1=O)C(O)c1ccccc1. The predicted molar refractivity (Wildman–Crippen MR) is 70.3 cm³/mol. The van der Waals surface area contributed by atoms with Crippen LogP contribution < -0.4 is 11.2 Å². The van der Waals surface area contributed by atoms with Crippen LogP contribution in [0.2, 0.25) is 0 Å². The van der Waals surface area contributed by atoms with Crippen LogP contribution in [0, 0.1) is 0 Å². The summed E-state index contributed by atoms with van der Waals surface area (Å²) in [6.45, 7) is 0. The smallest absolute Gasteiger partial charge is 0.328 e. The van der Waals surface area contributed by atoms with Gasteiger partial charge in [0, 0.05) is 0 Å². The maximum absolute atomic E-state index is 11.6. The van der Waals surface area contributed by atoms with Crippen LogP contribution in [0.3, 0.4) is 0 Å². The first-order chi connectivity index (χ1) is 9.99. The molecule has 9 heteroatoms. The molecule has 21 heavy (non-hydrogen) atoms. The number of aliphatic hydroxyl groups is 1. The van der Waals surface area contributed by atoms with Crippen molar-refractivity contribution < 1.29 is 15.0 Å². The lowest BCUT2D eigenvalue weighted by atomic mass is 10.1. The van der Waals surface area contributed by atoms with E-state index >= 15 is 0 Å². The van der Waals surface area contributed by atoms with Gasteiger partial charge in [-0.25, -0.2) is 4.79 Å². The summed E-state index contributed by atoms with van der Waals surface area (Å²) in [4.78, 5) is 37.5. The third-order valence-corrected chi connectivity index (χ3v) is 2.50. The number of carbonyl (C=O) groups is 1. The highest BCUT2D eigenvalue weighted by Crippen LogP contribution is 2.18. The van der Waals surface area contributed by atoms with Crippen molar-refractivity contribution in [3.63, 3.8) is 0 Å². The number of hydrogen-bond acceptors (Lipinski definition) is 6. The zero-order chi connectivity index (χ0) is 15.4. The molecule has 1 aromatic carbocycles. The van der Waals surface area contributed by atoms with E-state index in [2.05, 4.69) is 10.2 Å². The number of aliphatic hydroxyl groups excluding tert-OH is 1. The van der Waals surface area contributed by atoms with Crippen LogP contribution in [-0.4, -0.2) is 26.1 Å². The van der Waals surface area contributed by atoms with E-state index in [0.29, 0.717) is 5.56 Å². The molecule has 2 rings (SSSR count). The molecular formula is C12H10N4O5. The topological polar surface area (TPSA) is 148 Å². The molecule has 1 amide bonds. The Kier molecular flexibility index (Phi) is 4.05. The molecule has 108 valence electrons. The van der Waals surface area contributed by atoms with Crippen molar-refractivity contribution in [2.24, 2.45) is 10.2 Å². The van der Waals surface area contributed by atoms with Gasteiger partial charge in [0.1, 0.15) is 0 Å². The van der Waals surface area contributed by atoms with Gasteiger partial charge in [0.25, 0.3) is 11.5 Å². The van der Waals surface area contributed by atoms with Crippen molar-refractivity contribution >= 4 is 11.6 Å². The number of nitrogens with one attached hydrogen (secondary N) is 2. The minimum atomic E-state index is -1.54. The lowest BCUT2D eigenvalue weighted by Crippen LogP contribution is -2.21. The fourth-order valence-corrected chi connectivity index (χ4v) is 1.49. The molecular weight excluding hydrogens is 280 g/mol. The number of benzene rings is 1. The van der Waals surface area contributed by atoms with Crippen molar-refractivity contribution in [1.29, 1.82) is 0 Å². The molecule has 1 unspecified atom stereocenters. The molecule has 0 radical (unpaired) electrons. The van der Waals surface area contributed by atoms with E-state index in [9.17, 15) is 24.6 Å². The van der Waals surface area contributed by atoms with Gasteiger partial charge in [0.15, 0.2) is 6.10 Å². The number of azo groups is 1. The number of aromatic amines is 2. The van der Waals surface area contributed by atoms with Crippen LogP contribution in [0.5, 0.6) is 5.88 Å². The number of hydrogen-bond donors (Lipinski definition) is 4. The second-order valence-electron chi connectivity index (χ2n) is 3.96. The van der Waals surface area contributed by atoms with Crippen LogP contribution in [-0.2, 0) is 4.79 Å². The van der Waals surface area contributed by atoms with E-state index < -0.39 is 34.8 Å². The van der Waals surface area contributed by atoms with Crippen molar-refractivity contribution in [3.05, 3.63) is 56.7 Å². The third kappa shape index (κ3) is 3.28. The van der Waals surface area contributed by atoms with Crippen LogP contribution in [0.15, 0.2) is 50.1 Å². The molecule has 0 saturated carbocycles. The molecule has 0 fully saturated rings. The standard InChI is InChI=1S/C12H10N4O5/c17-8(6-4-2-1-3-5-6)11(20)16-15-7-9(18)13-12(21)14-10(7)19/h1-5,8,17H,(H3,13,14,18,19,21). The largest absolute Gasteiger partial charge is 0.493 e. The predicted octanol–water partition coefficient (Wildman–Crippen LogP) is 0.113. The summed E-state index contributed by atoms with van der Waals surface area (Å²) in [6.07, 6.45) is -1.54. The monoisotopic (exact) mass is 290 g/mol. The number of rotatable bonds is 3. The van der Waals surface area contributed by atoms with E-state index in [1.54, 1.807) is 18.2 Å². The van der Waals surface area contributed by atoms with Crippen molar-refractivity contribution in [1.82, 2.24) is 9.97 Å². The minimum absolute atomic E-state index is 0.307. The first kappa shape index (κ1) is 14.3. The van der Waals surface area contributed by atoms with Crippen LogP contribution in [0.4, 0.5) is 5.69 Å². The zero-order valence-electron chi connectivity index (χ0n) is 10.5. The summed E-state index contributed by atoms with van der Waals surface area (Å²) in [6, 6.07) is 7.99. The Hall–Kier alpha value is -3.07. The number of aromatic hydroxyl groups is 1. The third-order valence-electron chi connectivity index (χ3n) is 2.50. The maximum atomic E-state index is 11.6. The first-order valence-corrected chi connectivity index (χ1v) is 5.73. The first-order valence-electron chi connectivity index (χ1n) is 5.73. The van der Waals surface area contributed by atoms with Gasteiger partial charge in [-0.1, -0.05) is 30.3 Å². The summed E-state index contributed by atoms with van der Waals surface area (Å²) in [5, 5.41) is 25.5. The van der Waals surface area contributed by atoms with Crippen molar-refractivity contribution in [3.8, 4) is 5.88 Å². The molecule has 9 nitrogen and oxygen atoms in total. The lowest BCUT2D eigenvalue weighted by Gasteiger charge is -2.04. The second-order valence-corrected chi connectivity index (χ2v) is 3.96. The molecule has 2 aromatic rings. The highest BCUT2D eigenvalue weighted by molar-refractivity contribution is 5.82. The van der Waals surface area contributed by atoms with Gasteiger partial charge in [-0.15, -0.1) is 10.2 Å². The summed E-state index contributed by atoms with van der Waals surface area (Å²) >= 11 is 0. The molecule has 0 aliphatic rings. The zero-order valence-corrected chi connectivity index (χ0v) is 10.5. The van der Waals surface area contributed by atoms with E-state index in [0.717, 1.165) is 0 Å². The fraction of sp³-hybridized carbons (Fsp3) is 0.0833. The average molecular weight is 290 g/mol. The molecule has 1 aromatic heterocycles. The Labute approximate surface area is 116 Å². The maximum Gasteiger partial charge on any atom is 0.328 e. The highest BCUT2D eigenvalue weighted by atomic mass is 16.3. The Bertz CT molecular complexity index is 793. The molecule has 0 spiro atoms. The molecule has 0 aliphatic carbocycles. The van der Waals surface area contributed by atoms with Gasteiger partial charge < -0.3 is 10.2 Å². The number of carbonyl (C=O) groups excluding carboxylic acids is 1. The summed E-state index contributed by atoms with van der Waals surface area (Å²) in [7, 11) is 0. The molecule has 0 bridgehead atoms. The Morgan fingerprint density at radius 3 is 2.43 bits per heavy atom. The normalized spacial score (nSPS) is 12.4. The molecule has 0 aliphatic heterocycles. The highest BCUT2D eigenvalue weighted by Gasteiger charge is 2.17. The summed E-state index contributed by atoms with van der Waals surface area (Å²) < 4.78 is 0. The molecule has 1 atom stereocenters. The number of nitrogens with zero attached hydrogens (tertiary/aromatic N) is 2. The van der Waals surface area contributed by atoms with Gasteiger partial charge in [0.05, 0.1) is 0 Å². The van der Waals surface area contributed by atoms with Gasteiger partial charge >= 0.3 is 5.69 Å². The van der Waals surface area contributed by atoms with E-state index in [1.165, 1.54) is 12.1 Å². The summed E-state index contributed by atoms with van der Waals surface area (Å²) in [5.41, 5.74) is -2.27. The summed E-state index contributed by atoms with van der Waals surface area (Å²) in [5.74, 6) is -1.85. The quantitative estimate of drug-likeness (QED) is 0.592. The molecule has 1 heterocycles. The van der Waals surface area contributed by atoms with E-state index in [4.69, 9.17) is 0 Å². The van der Waals surface area contributed by atoms with Crippen LogP contribution >= 0.6 is 0 Å². The van der Waals surface area contributed by atoms with Gasteiger partial charge in [-0.3, -0.25) is 19.6 Å². The number of H-pyrrole nitrogens is 2. The van der Waals surface area contributed by atoms with Crippen molar-refractivity contribution in [2.45, 2.75) is 6.10 Å². The number of aromatic nitrogens is 2. The van der Waals surface area contributed by atoms with E-state index in [1.807, 2.05) is 9.97 Å². The number of amides is 1. The lowest BCUT2D eigenvalue weighted by molar-refractivity contribution is -0.126. The minimum Gasteiger partial charge on any atom is -0.493 e. The average Bonchev–Trinajstić information content (AvgIpc) is 2.46. The Morgan fingerprint density at radius 1 is 1.14 bits per heavy atom. The fourth-order valence-electron chi connectivity index (χ4n) is 1.49.